The van der Waals surface area contributed by atoms with Crippen molar-refractivity contribution in [1.82, 2.24) is 9.80 Å². The highest BCUT2D eigenvalue weighted by atomic mass is 16.5. The Hall–Kier alpha value is -1.30. The van der Waals surface area contributed by atoms with Crippen molar-refractivity contribution in [3.63, 3.8) is 0 Å². The third-order valence-corrected chi connectivity index (χ3v) is 3.64. The molecule has 1 aliphatic heterocycles. The average molecular weight is 286 g/mol. The van der Waals surface area contributed by atoms with Crippen molar-refractivity contribution in [1.29, 1.82) is 0 Å². The van der Waals surface area contributed by atoms with E-state index in [1.54, 1.807) is 12.0 Å². The lowest BCUT2D eigenvalue weighted by Gasteiger charge is -2.37. The van der Waals surface area contributed by atoms with Gasteiger partial charge in [0.05, 0.1) is 6.10 Å². The highest BCUT2D eigenvalue weighted by Crippen LogP contribution is 2.16. The lowest BCUT2D eigenvalue weighted by Crippen LogP contribution is -2.51. The van der Waals surface area contributed by atoms with Gasteiger partial charge in [-0.25, -0.2) is 4.79 Å². The number of carboxylic acids is 1. The monoisotopic (exact) mass is 286 g/mol. The number of methoxy groups -OCH3 is 1. The Balaban J connectivity index is 2.56. The van der Waals surface area contributed by atoms with Crippen LogP contribution >= 0.6 is 0 Å². The predicted molar refractivity (Wildman–Crippen MR) is 75.7 cm³/mol. The summed E-state index contributed by atoms with van der Waals surface area (Å²) >= 11 is 0. The smallest absolute Gasteiger partial charge is 0.320 e. The fraction of sp³-hybridized carbons (Fsp3) is 0.857. The Morgan fingerprint density at radius 2 is 2.15 bits per heavy atom. The molecule has 0 spiro atoms. The van der Waals surface area contributed by atoms with Gasteiger partial charge in [-0.15, -0.1) is 0 Å². The normalized spacial score (nSPS) is 19.2. The number of amides is 2. The van der Waals surface area contributed by atoms with E-state index in [9.17, 15) is 9.59 Å². The number of nitrogens with zero attached hydrogens (tertiary/aromatic N) is 2. The summed E-state index contributed by atoms with van der Waals surface area (Å²) in [4.78, 5) is 26.7. The number of likely N-dealkylation sites (tertiary alicyclic amines) is 1. The molecule has 2 amide bonds. The van der Waals surface area contributed by atoms with Gasteiger partial charge >= 0.3 is 12.0 Å². The largest absolute Gasteiger partial charge is 0.481 e. The fourth-order valence-corrected chi connectivity index (χ4v) is 2.46. The van der Waals surface area contributed by atoms with Gasteiger partial charge in [0.15, 0.2) is 0 Å². The second-order valence-electron chi connectivity index (χ2n) is 5.51. The van der Waals surface area contributed by atoms with Crippen LogP contribution in [0.4, 0.5) is 4.79 Å². The van der Waals surface area contributed by atoms with E-state index in [1.165, 1.54) is 0 Å². The molecule has 116 valence electrons. The summed E-state index contributed by atoms with van der Waals surface area (Å²) in [5.74, 6) is -0.821. The lowest BCUT2D eigenvalue weighted by atomic mass is 10.1. The second-order valence-corrected chi connectivity index (χ2v) is 5.51. The van der Waals surface area contributed by atoms with Gasteiger partial charge in [-0.2, -0.15) is 0 Å². The number of hydrogen-bond acceptors (Lipinski definition) is 3. The van der Waals surface area contributed by atoms with Crippen LogP contribution in [0.1, 0.15) is 39.5 Å². The van der Waals surface area contributed by atoms with Crippen molar-refractivity contribution in [3.8, 4) is 0 Å². The minimum Gasteiger partial charge on any atom is -0.481 e. The molecule has 0 aromatic carbocycles. The summed E-state index contributed by atoms with van der Waals surface area (Å²) in [6.07, 6.45) is 2.63. The van der Waals surface area contributed by atoms with Gasteiger partial charge in [0.2, 0.25) is 0 Å². The Morgan fingerprint density at radius 3 is 2.70 bits per heavy atom. The molecule has 1 fully saturated rings. The van der Waals surface area contributed by atoms with Crippen molar-refractivity contribution >= 4 is 12.0 Å². The van der Waals surface area contributed by atoms with E-state index in [0.717, 1.165) is 19.4 Å². The molecule has 6 heteroatoms. The maximum absolute atomic E-state index is 12.5. The molecule has 1 unspecified atom stereocenters. The molecular formula is C14H26N2O4. The minimum absolute atomic E-state index is 0.00728. The molecule has 0 radical (unpaired) electrons. The molecule has 0 aliphatic carbocycles. The van der Waals surface area contributed by atoms with Crippen LogP contribution in [-0.4, -0.2) is 65.8 Å². The Morgan fingerprint density at radius 1 is 1.45 bits per heavy atom. The number of aliphatic carboxylic acids is 1. The van der Waals surface area contributed by atoms with Crippen LogP contribution in [0.2, 0.25) is 0 Å². The second kappa shape index (κ2) is 8.09. The van der Waals surface area contributed by atoms with Crippen LogP contribution in [0.25, 0.3) is 0 Å². The van der Waals surface area contributed by atoms with Crippen LogP contribution in [0.3, 0.4) is 0 Å². The molecule has 6 nitrogen and oxygen atoms in total. The molecule has 0 aromatic rings. The molecule has 1 N–H and O–H groups in total. The first-order valence-corrected chi connectivity index (χ1v) is 7.25. The highest BCUT2D eigenvalue weighted by Gasteiger charge is 2.28. The standard InChI is InChI=1S/C14H26N2O4/c1-11(2)16(9-5-7-13(17)18)14(19)15-8-4-6-12(10-15)20-3/h11-12H,4-10H2,1-3H3,(H,17,18). The number of carboxylic acid groups (broad SMARTS) is 1. The van der Waals surface area contributed by atoms with Gasteiger partial charge in [-0.05, 0) is 33.1 Å². The Bertz CT molecular complexity index is 333. The average Bonchev–Trinajstić information content (AvgIpc) is 2.42. The number of carbonyl (C=O) groups excluding carboxylic acids is 1. The zero-order valence-electron chi connectivity index (χ0n) is 12.7. The van der Waals surface area contributed by atoms with Crippen molar-refractivity contribution in [2.45, 2.75) is 51.7 Å². The molecule has 0 bridgehead atoms. The van der Waals surface area contributed by atoms with Crippen molar-refractivity contribution in [2.75, 3.05) is 26.7 Å². The summed E-state index contributed by atoms with van der Waals surface area (Å²) in [5, 5.41) is 8.69. The molecule has 1 heterocycles. The molecule has 0 aromatic heterocycles. The van der Waals surface area contributed by atoms with Crippen LogP contribution in [0, 0.1) is 0 Å². The van der Waals surface area contributed by atoms with Crippen molar-refractivity contribution in [2.24, 2.45) is 0 Å². The number of piperidine rings is 1. The van der Waals surface area contributed by atoms with Crippen LogP contribution in [0.5, 0.6) is 0 Å². The van der Waals surface area contributed by atoms with Crippen LogP contribution < -0.4 is 0 Å². The van der Waals surface area contributed by atoms with Gasteiger partial charge in [0, 0.05) is 39.2 Å². The van der Waals surface area contributed by atoms with E-state index in [-0.39, 0.29) is 24.6 Å². The summed E-state index contributed by atoms with van der Waals surface area (Å²) < 4.78 is 5.33. The maximum Gasteiger partial charge on any atom is 0.320 e. The summed E-state index contributed by atoms with van der Waals surface area (Å²) in [6, 6.07) is 0.0614. The molecule has 1 saturated heterocycles. The topological polar surface area (TPSA) is 70.1 Å². The first kappa shape index (κ1) is 16.8. The summed E-state index contributed by atoms with van der Waals surface area (Å²) in [6.45, 7) is 5.77. The highest BCUT2D eigenvalue weighted by molar-refractivity contribution is 5.75. The fourth-order valence-electron chi connectivity index (χ4n) is 2.46. The summed E-state index contributed by atoms with van der Waals surface area (Å²) in [5.41, 5.74) is 0. The van der Waals surface area contributed by atoms with Gasteiger partial charge in [-0.1, -0.05) is 0 Å². The number of urea groups is 1. The molecule has 1 atom stereocenters. The van der Waals surface area contributed by atoms with Gasteiger partial charge in [0.25, 0.3) is 0 Å². The Kier molecular flexibility index (Phi) is 6.78. The quantitative estimate of drug-likeness (QED) is 0.808. The molecular weight excluding hydrogens is 260 g/mol. The summed E-state index contributed by atoms with van der Waals surface area (Å²) in [7, 11) is 1.67. The predicted octanol–water partition coefficient (Wildman–Crippen LogP) is 1.79. The Labute approximate surface area is 120 Å². The first-order chi connectivity index (χ1) is 9.45. The van der Waals surface area contributed by atoms with Crippen LogP contribution in [-0.2, 0) is 9.53 Å². The van der Waals surface area contributed by atoms with Crippen molar-refractivity contribution in [3.05, 3.63) is 0 Å². The van der Waals surface area contributed by atoms with E-state index in [4.69, 9.17) is 9.84 Å². The molecule has 1 rings (SSSR count). The third-order valence-electron chi connectivity index (χ3n) is 3.64. The van der Waals surface area contributed by atoms with Crippen molar-refractivity contribution < 1.29 is 19.4 Å². The van der Waals surface area contributed by atoms with Gasteiger partial charge in [0.1, 0.15) is 0 Å². The lowest BCUT2D eigenvalue weighted by molar-refractivity contribution is -0.137. The van der Waals surface area contributed by atoms with E-state index >= 15 is 0 Å². The van der Waals surface area contributed by atoms with E-state index in [2.05, 4.69) is 0 Å². The zero-order chi connectivity index (χ0) is 15.1. The first-order valence-electron chi connectivity index (χ1n) is 7.25. The molecule has 0 saturated carbocycles. The number of carbonyl (C=O) groups is 2. The molecule has 1 aliphatic rings. The number of ether oxygens (including phenoxy) is 1. The zero-order valence-corrected chi connectivity index (χ0v) is 12.7. The number of hydrogen-bond donors (Lipinski definition) is 1. The van der Waals surface area contributed by atoms with Crippen LogP contribution in [0.15, 0.2) is 0 Å². The van der Waals surface area contributed by atoms with E-state index < -0.39 is 5.97 Å². The van der Waals surface area contributed by atoms with E-state index in [0.29, 0.717) is 19.5 Å². The SMILES string of the molecule is COC1CCCN(C(=O)N(CCCC(=O)O)C(C)C)C1. The van der Waals surface area contributed by atoms with Gasteiger partial charge in [-0.3, -0.25) is 4.79 Å². The van der Waals surface area contributed by atoms with Gasteiger partial charge < -0.3 is 19.6 Å². The van der Waals surface area contributed by atoms with E-state index in [1.807, 2.05) is 18.7 Å². The minimum atomic E-state index is -0.821. The number of rotatable bonds is 6. The molecule has 20 heavy (non-hydrogen) atoms. The maximum atomic E-state index is 12.5. The third kappa shape index (κ3) is 5.00.